The van der Waals surface area contributed by atoms with Gasteiger partial charge in [0.15, 0.2) is 0 Å². The number of nitrogens with one attached hydrogen (secondary N) is 1. The Bertz CT molecular complexity index is 590. The van der Waals surface area contributed by atoms with Crippen LogP contribution < -0.4 is 5.32 Å². The summed E-state index contributed by atoms with van der Waals surface area (Å²) >= 11 is 1.58. The molecule has 1 amide bonds. The number of sulfonamides is 1. The maximum atomic E-state index is 12.4. The molecule has 0 aliphatic rings. The van der Waals surface area contributed by atoms with Crippen LogP contribution in [0.4, 0.5) is 0 Å². The van der Waals surface area contributed by atoms with Crippen molar-refractivity contribution < 1.29 is 17.9 Å². The molecule has 124 valence electrons. The maximum Gasteiger partial charge on any atom is 0.251 e. The molecule has 0 fully saturated rings. The molecular formula is C14H22N2O4S2. The summed E-state index contributed by atoms with van der Waals surface area (Å²) in [6.45, 7) is 1.20. The van der Waals surface area contributed by atoms with Crippen LogP contribution in [0.25, 0.3) is 0 Å². The summed E-state index contributed by atoms with van der Waals surface area (Å²) < 4.78 is 31.0. The molecule has 0 spiro atoms. The Morgan fingerprint density at radius 1 is 1.41 bits per heavy atom. The summed E-state index contributed by atoms with van der Waals surface area (Å²) in [6, 6.07) is 6.05. The number of hydrogen-bond acceptors (Lipinski definition) is 5. The summed E-state index contributed by atoms with van der Waals surface area (Å²) in [5, 5.41) is 2.67. The van der Waals surface area contributed by atoms with Crippen LogP contribution >= 0.6 is 11.8 Å². The Kier molecular flexibility index (Phi) is 7.88. The molecule has 0 aliphatic heterocycles. The number of thioether (sulfide) groups is 1. The minimum Gasteiger partial charge on any atom is -0.383 e. The SMILES string of the molecule is COCCNC(=O)c1cccc(S(=O)(=O)N(C)CCSC)c1. The molecule has 0 radical (unpaired) electrons. The lowest BCUT2D eigenvalue weighted by atomic mass is 10.2. The highest BCUT2D eigenvalue weighted by Crippen LogP contribution is 2.16. The first-order chi connectivity index (χ1) is 10.4. The molecule has 0 saturated carbocycles. The minimum absolute atomic E-state index is 0.121. The monoisotopic (exact) mass is 346 g/mol. The number of carbonyl (C=O) groups excluding carboxylic acids is 1. The van der Waals surface area contributed by atoms with Gasteiger partial charge < -0.3 is 10.1 Å². The molecule has 1 aromatic rings. The third kappa shape index (κ3) is 5.28. The lowest BCUT2D eigenvalue weighted by Crippen LogP contribution is -2.30. The third-order valence-corrected chi connectivity index (χ3v) is 5.45. The van der Waals surface area contributed by atoms with Gasteiger partial charge in [0.2, 0.25) is 10.0 Å². The van der Waals surface area contributed by atoms with Crippen molar-refractivity contribution in [1.82, 2.24) is 9.62 Å². The van der Waals surface area contributed by atoms with E-state index in [1.807, 2.05) is 6.26 Å². The van der Waals surface area contributed by atoms with E-state index >= 15 is 0 Å². The highest BCUT2D eigenvalue weighted by molar-refractivity contribution is 7.98. The van der Waals surface area contributed by atoms with Gasteiger partial charge in [0, 0.05) is 38.6 Å². The second-order valence-corrected chi connectivity index (χ2v) is 7.63. The van der Waals surface area contributed by atoms with E-state index in [2.05, 4.69) is 5.32 Å². The fourth-order valence-corrected chi connectivity index (χ4v) is 3.48. The summed E-state index contributed by atoms with van der Waals surface area (Å²) in [7, 11) is -0.493. The Labute approximate surface area is 136 Å². The number of benzene rings is 1. The molecule has 0 atom stereocenters. The van der Waals surface area contributed by atoms with E-state index in [0.717, 1.165) is 0 Å². The Morgan fingerprint density at radius 3 is 2.77 bits per heavy atom. The van der Waals surface area contributed by atoms with E-state index in [1.165, 1.54) is 23.5 Å². The van der Waals surface area contributed by atoms with E-state index < -0.39 is 10.0 Å². The normalized spacial score (nSPS) is 11.6. The largest absolute Gasteiger partial charge is 0.383 e. The van der Waals surface area contributed by atoms with Crippen LogP contribution in [0, 0.1) is 0 Å². The third-order valence-electron chi connectivity index (χ3n) is 3.01. The van der Waals surface area contributed by atoms with Gasteiger partial charge in [-0.1, -0.05) is 6.07 Å². The van der Waals surface area contributed by atoms with Gasteiger partial charge in [-0.3, -0.25) is 4.79 Å². The quantitative estimate of drug-likeness (QED) is 0.676. The Morgan fingerprint density at radius 2 is 2.14 bits per heavy atom. The van der Waals surface area contributed by atoms with E-state index in [9.17, 15) is 13.2 Å². The topological polar surface area (TPSA) is 75.7 Å². The maximum absolute atomic E-state index is 12.4. The molecule has 0 aromatic heterocycles. The van der Waals surface area contributed by atoms with Gasteiger partial charge in [0.05, 0.1) is 11.5 Å². The van der Waals surface area contributed by atoms with Gasteiger partial charge in [-0.2, -0.15) is 11.8 Å². The van der Waals surface area contributed by atoms with Crippen molar-refractivity contribution in [2.45, 2.75) is 4.90 Å². The number of hydrogen-bond donors (Lipinski definition) is 1. The summed E-state index contributed by atoms with van der Waals surface area (Å²) in [5.74, 6) is 0.397. The van der Waals surface area contributed by atoms with Gasteiger partial charge in [-0.25, -0.2) is 12.7 Å². The van der Waals surface area contributed by atoms with Crippen LogP contribution in [0.5, 0.6) is 0 Å². The molecule has 1 N–H and O–H groups in total. The van der Waals surface area contributed by atoms with Crippen LogP contribution in [0.1, 0.15) is 10.4 Å². The fraction of sp³-hybridized carbons (Fsp3) is 0.500. The predicted octanol–water partition coefficient (Wildman–Crippen LogP) is 1.05. The van der Waals surface area contributed by atoms with Crippen LogP contribution in [-0.2, 0) is 14.8 Å². The van der Waals surface area contributed by atoms with Crippen LogP contribution in [-0.4, -0.2) is 64.5 Å². The van der Waals surface area contributed by atoms with Crippen molar-refractivity contribution >= 4 is 27.7 Å². The molecule has 8 heteroatoms. The first-order valence-corrected chi connectivity index (χ1v) is 9.59. The Balaban J connectivity index is 2.88. The van der Waals surface area contributed by atoms with Gasteiger partial charge in [0.25, 0.3) is 5.91 Å². The summed E-state index contributed by atoms with van der Waals surface area (Å²) in [5.41, 5.74) is 0.315. The summed E-state index contributed by atoms with van der Waals surface area (Å²) in [4.78, 5) is 12.1. The van der Waals surface area contributed by atoms with E-state index in [0.29, 0.717) is 31.0 Å². The molecular weight excluding hydrogens is 324 g/mol. The molecule has 1 rings (SSSR count). The number of amides is 1. The van der Waals surface area contributed by atoms with Crippen molar-refractivity contribution in [3.05, 3.63) is 29.8 Å². The van der Waals surface area contributed by atoms with E-state index in [4.69, 9.17) is 4.74 Å². The van der Waals surface area contributed by atoms with Crippen molar-refractivity contribution in [3.8, 4) is 0 Å². The van der Waals surface area contributed by atoms with Gasteiger partial charge in [-0.15, -0.1) is 0 Å². The zero-order valence-electron chi connectivity index (χ0n) is 13.0. The second kappa shape index (κ2) is 9.14. The van der Waals surface area contributed by atoms with Gasteiger partial charge in [0.1, 0.15) is 0 Å². The van der Waals surface area contributed by atoms with E-state index in [-0.39, 0.29) is 10.8 Å². The number of nitrogens with zero attached hydrogens (tertiary/aromatic N) is 1. The standard InChI is InChI=1S/C14H22N2O4S2/c1-16(8-10-21-3)22(18,19)13-6-4-5-12(11-13)14(17)15-7-9-20-2/h4-6,11H,7-10H2,1-3H3,(H,15,17). The zero-order chi connectivity index (χ0) is 16.6. The predicted molar refractivity (Wildman–Crippen MR) is 88.8 cm³/mol. The van der Waals surface area contributed by atoms with Crippen molar-refractivity contribution in [2.24, 2.45) is 0 Å². The molecule has 0 bridgehead atoms. The van der Waals surface area contributed by atoms with Crippen LogP contribution in [0.15, 0.2) is 29.2 Å². The molecule has 6 nitrogen and oxygen atoms in total. The molecule has 0 saturated heterocycles. The number of ether oxygens (including phenoxy) is 1. The highest BCUT2D eigenvalue weighted by Gasteiger charge is 2.21. The van der Waals surface area contributed by atoms with Crippen molar-refractivity contribution in [3.63, 3.8) is 0 Å². The zero-order valence-corrected chi connectivity index (χ0v) is 14.7. The van der Waals surface area contributed by atoms with Gasteiger partial charge >= 0.3 is 0 Å². The van der Waals surface area contributed by atoms with Gasteiger partial charge in [-0.05, 0) is 24.5 Å². The minimum atomic E-state index is -3.58. The second-order valence-electron chi connectivity index (χ2n) is 4.60. The van der Waals surface area contributed by atoms with Crippen molar-refractivity contribution in [2.75, 3.05) is 45.9 Å². The lowest BCUT2D eigenvalue weighted by molar-refractivity contribution is 0.0937. The average Bonchev–Trinajstić information content (AvgIpc) is 2.52. The number of carbonyl (C=O) groups is 1. The first-order valence-electron chi connectivity index (χ1n) is 6.76. The van der Waals surface area contributed by atoms with E-state index in [1.54, 1.807) is 31.0 Å². The molecule has 0 unspecified atom stereocenters. The average molecular weight is 346 g/mol. The lowest BCUT2D eigenvalue weighted by Gasteiger charge is -2.17. The first kappa shape index (κ1) is 19.0. The smallest absolute Gasteiger partial charge is 0.251 e. The number of methoxy groups -OCH3 is 1. The molecule has 1 aromatic carbocycles. The van der Waals surface area contributed by atoms with Crippen LogP contribution in [0.3, 0.4) is 0 Å². The molecule has 22 heavy (non-hydrogen) atoms. The summed E-state index contributed by atoms with van der Waals surface area (Å²) in [6.07, 6.45) is 1.92. The Hall–Kier alpha value is -1.09. The fourth-order valence-electron chi connectivity index (χ4n) is 1.69. The number of rotatable bonds is 9. The molecule has 0 heterocycles. The van der Waals surface area contributed by atoms with Crippen molar-refractivity contribution in [1.29, 1.82) is 0 Å². The van der Waals surface area contributed by atoms with Crippen LogP contribution in [0.2, 0.25) is 0 Å². The molecule has 0 aliphatic carbocycles. The highest BCUT2D eigenvalue weighted by atomic mass is 32.2.